The van der Waals surface area contributed by atoms with Gasteiger partial charge in [0.1, 0.15) is 5.82 Å². The first-order valence-electron chi connectivity index (χ1n) is 8.40. The van der Waals surface area contributed by atoms with Crippen molar-refractivity contribution >= 4 is 18.3 Å². The van der Waals surface area contributed by atoms with E-state index in [0.29, 0.717) is 19.6 Å². The number of halogens is 1. The number of rotatable bonds is 3. The average Bonchev–Trinajstić information content (AvgIpc) is 2.93. The first kappa shape index (κ1) is 19.2. The molecule has 3 heterocycles. The van der Waals surface area contributed by atoms with Crippen LogP contribution in [0.15, 0.2) is 12.4 Å². The van der Waals surface area contributed by atoms with Crippen LogP contribution in [0.4, 0.5) is 0 Å². The van der Waals surface area contributed by atoms with Gasteiger partial charge < -0.3 is 19.5 Å². The largest absolute Gasteiger partial charge is 0.372 e. The second kappa shape index (κ2) is 8.29. The summed E-state index contributed by atoms with van der Waals surface area (Å²) in [7, 11) is 2.00. The van der Waals surface area contributed by atoms with E-state index in [1.165, 1.54) is 0 Å². The second-order valence-corrected chi connectivity index (χ2v) is 6.64. The molecule has 2 fully saturated rings. The molecule has 1 amide bonds. The molecular weight excluding hydrogens is 330 g/mol. The molecular formula is C16H28ClN5O2. The quantitative estimate of drug-likeness (QED) is 0.849. The van der Waals surface area contributed by atoms with Crippen LogP contribution >= 0.6 is 12.4 Å². The van der Waals surface area contributed by atoms with Gasteiger partial charge in [-0.1, -0.05) is 0 Å². The molecule has 136 valence electrons. The van der Waals surface area contributed by atoms with Gasteiger partial charge in [0, 0.05) is 52.2 Å². The van der Waals surface area contributed by atoms with E-state index in [9.17, 15) is 4.79 Å². The summed E-state index contributed by atoms with van der Waals surface area (Å²) >= 11 is 0. The van der Waals surface area contributed by atoms with Gasteiger partial charge in [0.05, 0.1) is 24.8 Å². The number of carbonyl (C=O) groups is 1. The number of morpholine rings is 1. The SMILES string of the molecule is CC1CN(C(=O)CN2CCNCC2c2nccn2C)CC(C)O1.Cl. The van der Waals surface area contributed by atoms with Gasteiger partial charge in [0.15, 0.2) is 0 Å². The molecule has 2 aliphatic heterocycles. The van der Waals surface area contributed by atoms with E-state index in [2.05, 4.69) is 15.2 Å². The molecule has 0 aromatic carbocycles. The maximum atomic E-state index is 12.7. The van der Waals surface area contributed by atoms with Gasteiger partial charge in [0.25, 0.3) is 0 Å². The van der Waals surface area contributed by atoms with E-state index in [1.54, 1.807) is 0 Å². The van der Waals surface area contributed by atoms with Crippen LogP contribution in [0.2, 0.25) is 0 Å². The maximum Gasteiger partial charge on any atom is 0.236 e. The van der Waals surface area contributed by atoms with Crippen molar-refractivity contribution in [2.24, 2.45) is 7.05 Å². The highest BCUT2D eigenvalue weighted by Gasteiger charge is 2.31. The van der Waals surface area contributed by atoms with Crippen molar-refractivity contribution in [1.82, 2.24) is 24.7 Å². The number of ether oxygens (including phenoxy) is 1. The van der Waals surface area contributed by atoms with Crippen molar-refractivity contribution < 1.29 is 9.53 Å². The molecule has 8 heteroatoms. The van der Waals surface area contributed by atoms with Gasteiger partial charge in [-0.15, -0.1) is 12.4 Å². The smallest absolute Gasteiger partial charge is 0.236 e. The lowest BCUT2D eigenvalue weighted by Crippen LogP contribution is -2.54. The standard InChI is InChI=1S/C16H27N5O2.ClH/c1-12-9-21(10-13(2)23-12)15(22)11-20-7-4-17-8-14(20)16-18-5-6-19(16)3;/h5-6,12-14,17H,4,7-11H2,1-3H3;1H. The molecule has 7 nitrogen and oxygen atoms in total. The number of carbonyl (C=O) groups excluding carboxylic acids is 1. The zero-order valence-corrected chi connectivity index (χ0v) is 15.5. The highest BCUT2D eigenvalue weighted by Crippen LogP contribution is 2.21. The Labute approximate surface area is 149 Å². The topological polar surface area (TPSA) is 62.6 Å². The Hall–Kier alpha value is -1.15. The molecule has 1 aromatic rings. The first-order valence-corrected chi connectivity index (χ1v) is 8.40. The van der Waals surface area contributed by atoms with Gasteiger partial charge in [-0.25, -0.2) is 4.98 Å². The zero-order valence-electron chi connectivity index (χ0n) is 14.6. The van der Waals surface area contributed by atoms with Crippen molar-refractivity contribution in [3.8, 4) is 0 Å². The lowest BCUT2D eigenvalue weighted by Gasteiger charge is -2.39. The fraction of sp³-hybridized carbons (Fsp3) is 0.750. The summed E-state index contributed by atoms with van der Waals surface area (Å²) in [5.41, 5.74) is 0. The van der Waals surface area contributed by atoms with Crippen molar-refractivity contribution in [1.29, 1.82) is 0 Å². The Kier molecular flexibility index (Phi) is 6.62. The number of nitrogens with one attached hydrogen (secondary N) is 1. The summed E-state index contributed by atoms with van der Waals surface area (Å²) in [6.45, 7) is 8.45. The summed E-state index contributed by atoms with van der Waals surface area (Å²) in [6, 6.07) is 0.142. The van der Waals surface area contributed by atoms with Crippen LogP contribution in [0.5, 0.6) is 0 Å². The van der Waals surface area contributed by atoms with Crippen LogP contribution in [0, 0.1) is 0 Å². The van der Waals surface area contributed by atoms with Gasteiger partial charge in [-0.2, -0.15) is 0 Å². The lowest BCUT2D eigenvalue weighted by atomic mass is 10.1. The second-order valence-electron chi connectivity index (χ2n) is 6.64. The molecule has 2 aliphatic rings. The minimum Gasteiger partial charge on any atom is -0.372 e. The number of aryl methyl sites for hydroxylation is 1. The number of piperazine rings is 1. The van der Waals surface area contributed by atoms with Crippen LogP contribution in [-0.2, 0) is 16.6 Å². The summed E-state index contributed by atoms with van der Waals surface area (Å²) in [5.74, 6) is 1.20. The van der Waals surface area contributed by atoms with Crippen LogP contribution in [0.25, 0.3) is 0 Å². The molecule has 0 spiro atoms. The summed E-state index contributed by atoms with van der Waals surface area (Å²) in [4.78, 5) is 21.4. The molecule has 1 aromatic heterocycles. The molecule has 0 bridgehead atoms. The fourth-order valence-corrected chi connectivity index (χ4v) is 3.54. The van der Waals surface area contributed by atoms with E-state index in [4.69, 9.17) is 4.74 Å². The molecule has 3 unspecified atom stereocenters. The lowest BCUT2D eigenvalue weighted by molar-refractivity contribution is -0.145. The predicted octanol–water partition coefficient (Wildman–Crippen LogP) is 0.424. The molecule has 2 saturated heterocycles. The van der Waals surface area contributed by atoms with Gasteiger partial charge in [-0.05, 0) is 13.8 Å². The molecule has 3 atom stereocenters. The summed E-state index contributed by atoms with van der Waals surface area (Å²) in [6.07, 6.45) is 3.98. The van der Waals surface area contributed by atoms with Gasteiger partial charge in [-0.3, -0.25) is 9.69 Å². The van der Waals surface area contributed by atoms with Crippen LogP contribution in [0.1, 0.15) is 25.7 Å². The number of imidazole rings is 1. The third-order valence-electron chi connectivity index (χ3n) is 4.62. The van der Waals surface area contributed by atoms with E-state index >= 15 is 0 Å². The fourth-order valence-electron chi connectivity index (χ4n) is 3.54. The number of aromatic nitrogens is 2. The molecule has 1 N–H and O–H groups in total. The number of hydrogen-bond acceptors (Lipinski definition) is 5. The average molecular weight is 358 g/mol. The van der Waals surface area contributed by atoms with Crippen molar-refractivity contribution in [2.75, 3.05) is 39.3 Å². The van der Waals surface area contributed by atoms with Crippen LogP contribution in [0.3, 0.4) is 0 Å². The Morgan fingerprint density at radius 1 is 1.38 bits per heavy atom. The molecule has 0 saturated carbocycles. The highest BCUT2D eigenvalue weighted by atomic mass is 35.5. The van der Waals surface area contributed by atoms with Gasteiger partial charge >= 0.3 is 0 Å². The Bertz CT molecular complexity index is 542. The predicted molar refractivity (Wildman–Crippen MR) is 94.2 cm³/mol. The third-order valence-corrected chi connectivity index (χ3v) is 4.62. The van der Waals surface area contributed by atoms with E-state index in [1.807, 2.05) is 42.8 Å². The maximum absolute atomic E-state index is 12.7. The summed E-state index contributed by atoms with van der Waals surface area (Å²) < 4.78 is 7.76. The van der Waals surface area contributed by atoms with E-state index in [0.717, 1.165) is 25.5 Å². The molecule has 24 heavy (non-hydrogen) atoms. The van der Waals surface area contributed by atoms with E-state index in [-0.39, 0.29) is 36.6 Å². The zero-order chi connectivity index (χ0) is 16.4. The monoisotopic (exact) mass is 357 g/mol. The van der Waals surface area contributed by atoms with Crippen molar-refractivity contribution in [3.63, 3.8) is 0 Å². The third kappa shape index (κ3) is 4.27. The minimum atomic E-state index is 0. The Morgan fingerprint density at radius 2 is 2.08 bits per heavy atom. The van der Waals surface area contributed by atoms with Crippen molar-refractivity contribution in [2.45, 2.75) is 32.1 Å². The van der Waals surface area contributed by atoms with Gasteiger partial charge in [0.2, 0.25) is 5.91 Å². The number of hydrogen-bond donors (Lipinski definition) is 1. The number of nitrogens with zero attached hydrogens (tertiary/aromatic N) is 4. The molecule has 3 rings (SSSR count). The molecule has 0 radical (unpaired) electrons. The van der Waals surface area contributed by atoms with Crippen molar-refractivity contribution in [3.05, 3.63) is 18.2 Å². The first-order chi connectivity index (χ1) is 11.0. The highest BCUT2D eigenvalue weighted by molar-refractivity contribution is 5.85. The Balaban J connectivity index is 0.00000208. The summed E-state index contributed by atoms with van der Waals surface area (Å²) in [5, 5.41) is 3.41. The molecule has 0 aliphatic carbocycles. The number of amides is 1. The van der Waals surface area contributed by atoms with Crippen LogP contribution < -0.4 is 5.32 Å². The Morgan fingerprint density at radius 3 is 2.71 bits per heavy atom. The van der Waals surface area contributed by atoms with Crippen LogP contribution in [-0.4, -0.2) is 76.7 Å². The van der Waals surface area contributed by atoms with E-state index < -0.39 is 0 Å². The minimum absolute atomic E-state index is 0. The normalized spacial score (nSPS) is 28.5.